The molecule has 0 aliphatic carbocycles. The highest BCUT2D eigenvalue weighted by molar-refractivity contribution is 5.72. The van der Waals surface area contributed by atoms with Gasteiger partial charge in [-0.05, 0) is 30.3 Å². The molecule has 0 radical (unpaired) electrons. The summed E-state index contributed by atoms with van der Waals surface area (Å²) in [5, 5.41) is 13.6. The molecular formula is C21H24FN4O6+. The van der Waals surface area contributed by atoms with Crippen LogP contribution in [-0.2, 0) is 9.47 Å². The Labute approximate surface area is 183 Å². The van der Waals surface area contributed by atoms with Crippen molar-refractivity contribution in [1.29, 1.82) is 0 Å². The minimum Gasteiger partial charge on any atom is -0.496 e. The molecule has 11 heteroatoms. The quantitative estimate of drug-likeness (QED) is 0.442. The monoisotopic (exact) mass is 447 g/mol. The van der Waals surface area contributed by atoms with Gasteiger partial charge in [0.25, 0.3) is 10.8 Å². The van der Waals surface area contributed by atoms with E-state index in [0.717, 1.165) is 0 Å². The third-order valence-electron chi connectivity index (χ3n) is 4.73. The van der Waals surface area contributed by atoms with Crippen LogP contribution in [0.15, 0.2) is 40.9 Å². The molecule has 2 aromatic carbocycles. The van der Waals surface area contributed by atoms with E-state index in [0.29, 0.717) is 48.9 Å². The summed E-state index contributed by atoms with van der Waals surface area (Å²) in [5.41, 5.74) is 1.17. The van der Waals surface area contributed by atoms with Gasteiger partial charge in [-0.15, -0.1) is 0 Å². The van der Waals surface area contributed by atoms with Crippen molar-refractivity contribution in [2.45, 2.75) is 0 Å². The van der Waals surface area contributed by atoms with Gasteiger partial charge in [-0.1, -0.05) is 5.16 Å². The van der Waals surface area contributed by atoms with Crippen molar-refractivity contribution in [3.05, 3.63) is 47.1 Å². The van der Waals surface area contributed by atoms with Crippen molar-refractivity contribution >= 4 is 11.4 Å². The van der Waals surface area contributed by atoms with Gasteiger partial charge in [0.1, 0.15) is 17.3 Å². The summed E-state index contributed by atoms with van der Waals surface area (Å²) in [6, 6.07) is 8.72. The zero-order valence-corrected chi connectivity index (χ0v) is 17.9. The standard InChI is InChI=1S/C21H24FN4O6/c1-29-10-8-25(9-11-30-2)17-6-4-14(12-18(17)26(27)28)21-23-20(24-32-21)16-13-15(22)5-7-19(16)31-3/h4-7,12-13H,8-11H2,1-3H3,(H,27,28)/q+1. The Kier molecular flexibility index (Phi) is 7.68. The maximum atomic E-state index is 13.7. The molecule has 3 rings (SSSR count). The third kappa shape index (κ3) is 5.18. The average molecular weight is 447 g/mol. The second-order valence-corrected chi connectivity index (χ2v) is 6.72. The lowest BCUT2D eigenvalue weighted by atomic mass is 10.1. The molecule has 3 aromatic rings. The number of aromatic nitrogens is 2. The lowest BCUT2D eigenvalue weighted by Gasteiger charge is -2.23. The second-order valence-electron chi connectivity index (χ2n) is 6.72. The molecule has 10 nitrogen and oxygen atoms in total. The topological polar surface area (TPSA) is 110 Å². The van der Waals surface area contributed by atoms with Gasteiger partial charge in [-0.25, -0.2) is 9.60 Å². The van der Waals surface area contributed by atoms with Crippen molar-refractivity contribution in [2.75, 3.05) is 52.5 Å². The van der Waals surface area contributed by atoms with E-state index < -0.39 is 5.82 Å². The fraction of sp³-hybridized carbons (Fsp3) is 0.333. The zero-order chi connectivity index (χ0) is 23.1. The number of nitrogens with zero attached hydrogens (tertiary/aromatic N) is 4. The smallest absolute Gasteiger partial charge is 0.340 e. The number of methoxy groups -OCH3 is 3. The predicted octanol–water partition coefficient (Wildman–Crippen LogP) is 3.45. The van der Waals surface area contributed by atoms with E-state index in [1.807, 2.05) is 4.90 Å². The number of anilines is 1. The predicted molar refractivity (Wildman–Crippen MR) is 113 cm³/mol. The van der Waals surface area contributed by atoms with Crippen molar-refractivity contribution in [3.8, 4) is 28.6 Å². The Balaban J connectivity index is 1.97. The van der Waals surface area contributed by atoms with E-state index in [-0.39, 0.29) is 22.3 Å². The van der Waals surface area contributed by atoms with E-state index in [1.54, 1.807) is 26.4 Å². The summed E-state index contributed by atoms with van der Waals surface area (Å²) in [5.74, 6) is 0.101. The normalized spacial score (nSPS) is 10.9. The molecule has 0 amide bonds. The van der Waals surface area contributed by atoms with Crippen LogP contribution in [0.1, 0.15) is 0 Å². The van der Waals surface area contributed by atoms with Gasteiger partial charge in [0.15, 0.2) is 0 Å². The van der Waals surface area contributed by atoms with Crippen LogP contribution >= 0.6 is 0 Å². The maximum absolute atomic E-state index is 13.7. The number of rotatable bonds is 11. The first kappa shape index (κ1) is 23.1. The van der Waals surface area contributed by atoms with Gasteiger partial charge in [-0.3, -0.25) is 0 Å². The van der Waals surface area contributed by atoms with Crippen molar-refractivity contribution in [3.63, 3.8) is 0 Å². The molecule has 0 unspecified atom stereocenters. The minimum absolute atomic E-state index is 0.0159. The SMILES string of the molecule is COCCN(CCOC)c1ccc(-c2nc(-c3cc(F)ccc3OC)no2)cc1[N+](=O)O. The minimum atomic E-state index is -0.478. The Hall–Kier alpha value is -3.57. The molecule has 1 aromatic heterocycles. The molecule has 1 N–H and O–H groups in total. The fourth-order valence-corrected chi connectivity index (χ4v) is 3.14. The molecule has 1 heterocycles. The molecule has 0 fully saturated rings. The highest BCUT2D eigenvalue weighted by Crippen LogP contribution is 2.34. The molecule has 0 aliphatic heterocycles. The van der Waals surface area contributed by atoms with E-state index in [1.165, 1.54) is 31.4 Å². The number of hydrogen-bond acceptors (Lipinski definition) is 8. The van der Waals surface area contributed by atoms with Crippen LogP contribution < -0.4 is 9.64 Å². The van der Waals surface area contributed by atoms with Gasteiger partial charge >= 0.3 is 5.69 Å². The van der Waals surface area contributed by atoms with Crippen LogP contribution in [0.5, 0.6) is 5.75 Å². The molecule has 170 valence electrons. The average Bonchev–Trinajstić information content (AvgIpc) is 3.29. The van der Waals surface area contributed by atoms with Crippen LogP contribution in [0.2, 0.25) is 0 Å². The van der Waals surface area contributed by atoms with E-state index in [2.05, 4.69) is 10.1 Å². The first-order valence-corrected chi connectivity index (χ1v) is 9.69. The highest BCUT2D eigenvalue weighted by Gasteiger charge is 2.26. The second kappa shape index (κ2) is 10.6. The molecule has 0 saturated carbocycles. The molecule has 0 spiro atoms. The molecular weight excluding hydrogens is 423 g/mol. The lowest BCUT2D eigenvalue weighted by molar-refractivity contribution is -0.729. The number of hydrogen-bond donors (Lipinski definition) is 1. The summed E-state index contributed by atoms with van der Waals surface area (Å²) in [7, 11) is 4.60. The van der Waals surface area contributed by atoms with Gasteiger partial charge in [0, 0.05) is 38.9 Å². The Morgan fingerprint density at radius 1 is 1.09 bits per heavy atom. The number of ether oxygens (including phenoxy) is 3. The van der Waals surface area contributed by atoms with Crippen molar-refractivity contribution < 1.29 is 33.3 Å². The summed E-state index contributed by atoms with van der Waals surface area (Å²) >= 11 is 0. The molecule has 32 heavy (non-hydrogen) atoms. The van der Waals surface area contributed by atoms with Crippen LogP contribution in [0.4, 0.5) is 15.8 Å². The van der Waals surface area contributed by atoms with Gasteiger partial charge in [0.2, 0.25) is 5.82 Å². The largest absolute Gasteiger partial charge is 0.496 e. The molecule has 0 saturated heterocycles. The fourth-order valence-electron chi connectivity index (χ4n) is 3.14. The highest BCUT2D eigenvalue weighted by atomic mass is 19.1. The molecule has 0 bridgehead atoms. The van der Waals surface area contributed by atoms with Crippen molar-refractivity contribution in [1.82, 2.24) is 10.1 Å². The lowest BCUT2D eigenvalue weighted by Crippen LogP contribution is -2.31. The van der Waals surface area contributed by atoms with Crippen LogP contribution in [0.3, 0.4) is 0 Å². The first-order chi connectivity index (χ1) is 15.5. The summed E-state index contributed by atoms with van der Waals surface area (Å²) < 4.78 is 34.5. The van der Waals surface area contributed by atoms with Crippen LogP contribution in [0.25, 0.3) is 22.8 Å². The first-order valence-electron chi connectivity index (χ1n) is 9.69. The molecule has 0 aliphatic rings. The van der Waals surface area contributed by atoms with Gasteiger partial charge in [-0.2, -0.15) is 4.98 Å². The Morgan fingerprint density at radius 2 is 1.81 bits per heavy atom. The van der Waals surface area contributed by atoms with Gasteiger partial charge < -0.3 is 23.6 Å². The maximum Gasteiger partial charge on any atom is 0.340 e. The van der Waals surface area contributed by atoms with Crippen molar-refractivity contribution in [2.24, 2.45) is 0 Å². The number of benzene rings is 2. The zero-order valence-electron chi connectivity index (χ0n) is 17.9. The van der Waals surface area contributed by atoms with E-state index in [4.69, 9.17) is 18.7 Å². The van der Waals surface area contributed by atoms with Crippen LogP contribution in [0, 0.1) is 10.7 Å². The van der Waals surface area contributed by atoms with E-state index in [9.17, 15) is 14.5 Å². The summed E-state index contributed by atoms with van der Waals surface area (Å²) in [4.78, 5) is 17.8. The summed E-state index contributed by atoms with van der Waals surface area (Å²) in [6.07, 6.45) is 0. The number of halogens is 1. The van der Waals surface area contributed by atoms with Gasteiger partial charge in [0.05, 0.1) is 30.8 Å². The Bertz CT molecular complexity index is 1070. The van der Waals surface area contributed by atoms with Crippen LogP contribution in [-0.4, -0.2) is 67.9 Å². The third-order valence-corrected chi connectivity index (χ3v) is 4.73. The van der Waals surface area contributed by atoms with E-state index >= 15 is 0 Å². The summed E-state index contributed by atoms with van der Waals surface area (Å²) in [6.45, 7) is 1.78. The molecule has 0 atom stereocenters. The Morgan fingerprint density at radius 3 is 2.44 bits per heavy atom.